The van der Waals surface area contributed by atoms with Crippen LogP contribution < -0.4 is 21.7 Å². The molecule has 0 fully saturated rings. The lowest BCUT2D eigenvalue weighted by atomic mass is 9.99. The molecule has 0 aliphatic carbocycles. The third kappa shape index (κ3) is 9.21. The van der Waals surface area contributed by atoms with Gasteiger partial charge in [0.1, 0.15) is 18.1 Å². The lowest BCUT2D eigenvalue weighted by Gasteiger charge is -2.27. The van der Waals surface area contributed by atoms with Crippen molar-refractivity contribution in [1.29, 1.82) is 0 Å². The fourth-order valence-corrected chi connectivity index (χ4v) is 3.14. The van der Waals surface area contributed by atoms with Gasteiger partial charge in [0.2, 0.25) is 17.7 Å². The zero-order valence-electron chi connectivity index (χ0n) is 20.2. The van der Waals surface area contributed by atoms with Gasteiger partial charge in [0, 0.05) is 18.3 Å². The van der Waals surface area contributed by atoms with Crippen molar-refractivity contribution >= 4 is 23.7 Å². The van der Waals surface area contributed by atoms with Gasteiger partial charge in [0.05, 0.1) is 12.4 Å². The van der Waals surface area contributed by atoms with Gasteiger partial charge in [0.25, 0.3) is 0 Å². The summed E-state index contributed by atoms with van der Waals surface area (Å²) in [5.41, 5.74) is 6.48. The summed E-state index contributed by atoms with van der Waals surface area (Å²) in [7, 11) is 0. The van der Waals surface area contributed by atoms with Crippen LogP contribution in [0.2, 0.25) is 0 Å². The van der Waals surface area contributed by atoms with Crippen molar-refractivity contribution in [3.8, 4) is 0 Å². The molecule has 1 aromatic heterocycles. The second kappa shape index (κ2) is 12.9. The van der Waals surface area contributed by atoms with E-state index >= 15 is 0 Å². The van der Waals surface area contributed by atoms with E-state index in [0.29, 0.717) is 5.69 Å². The molecule has 1 rings (SSSR count). The zero-order chi connectivity index (χ0) is 25.3. The van der Waals surface area contributed by atoms with Crippen LogP contribution in [0.1, 0.15) is 53.7 Å². The maximum absolute atomic E-state index is 13.1. The summed E-state index contributed by atoms with van der Waals surface area (Å²) in [5, 5.41) is 17.3. The molecule has 0 aliphatic rings. The topological polar surface area (TPSA) is 179 Å². The van der Waals surface area contributed by atoms with Crippen LogP contribution in [-0.4, -0.2) is 62.9 Å². The third-order valence-corrected chi connectivity index (χ3v) is 5.20. The minimum Gasteiger partial charge on any atom is -0.480 e. The van der Waals surface area contributed by atoms with Gasteiger partial charge >= 0.3 is 5.97 Å². The van der Waals surface area contributed by atoms with E-state index < -0.39 is 47.9 Å². The van der Waals surface area contributed by atoms with Gasteiger partial charge in [-0.05, 0) is 24.2 Å². The second-order valence-electron chi connectivity index (χ2n) is 9.37. The summed E-state index contributed by atoms with van der Waals surface area (Å²) in [6.45, 7) is 10.8. The highest BCUT2D eigenvalue weighted by Crippen LogP contribution is 2.09. The highest BCUT2D eigenvalue weighted by atomic mass is 16.4. The fraction of sp³-hybridized carbons (Fsp3) is 0.682. The van der Waals surface area contributed by atoms with E-state index in [4.69, 9.17) is 5.73 Å². The third-order valence-electron chi connectivity index (χ3n) is 5.20. The molecular weight excluding hydrogens is 428 g/mol. The van der Waals surface area contributed by atoms with Crippen LogP contribution in [-0.2, 0) is 25.6 Å². The van der Waals surface area contributed by atoms with Crippen LogP contribution in [0.15, 0.2) is 12.5 Å². The predicted octanol–water partition coefficient (Wildman–Crippen LogP) is 0.177. The number of amides is 3. The summed E-state index contributed by atoms with van der Waals surface area (Å²) < 4.78 is 0. The van der Waals surface area contributed by atoms with Gasteiger partial charge < -0.3 is 31.8 Å². The van der Waals surface area contributed by atoms with Crippen molar-refractivity contribution in [2.24, 2.45) is 23.5 Å². The van der Waals surface area contributed by atoms with Gasteiger partial charge in [0.15, 0.2) is 0 Å². The molecule has 11 nitrogen and oxygen atoms in total. The zero-order valence-corrected chi connectivity index (χ0v) is 20.2. The minimum absolute atomic E-state index is 0.0396. The Morgan fingerprint density at radius 3 is 2.00 bits per heavy atom. The van der Waals surface area contributed by atoms with Crippen LogP contribution in [0.5, 0.6) is 0 Å². The molecule has 0 saturated heterocycles. The number of carbonyl (C=O) groups is 4. The normalized spacial score (nSPS) is 15.1. The molecule has 186 valence electrons. The van der Waals surface area contributed by atoms with E-state index in [0.717, 1.165) is 0 Å². The average molecular weight is 467 g/mol. The number of nitrogens with two attached hydrogens (primary N) is 1. The number of imidazole rings is 1. The van der Waals surface area contributed by atoms with Gasteiger partial charge in [-0.25, -0.2) is 9.78 Å². The van der Waals surface area contributed by atoms with Crippen molar-refractivity contribution < 1.29 is 24.3 Å². The van der Waals surface area contributed by atoms with Crippen LogP contribution in [0.25, 0.3) is 0 Å². The van der Waals surface area contributed by atoms with Gasteiger partial charge in [-0.3, -0.25) is 14.4 Å². The number of nitrogens with one attached hydrogen (secondary N) is 4. The number of aromatic amines is 1. The first-order chi connectivity index (χ1) is 15.3. The molecule has 4 atom stereocenters. The Morgan fingerprint density at radius 2 is 1.55 bits per heavy atom. The second-order valence-corrected chi connectivity index (χ2v) is 9.37. The molecule has 7 N–H and O–H groups in total. The fourth-order valence-electron chi connectivity index (χ4n) is 3.14. The number of rotatable bonds is 13. The smallest absolute Gasteiger partial charge is 0.326 e. The molecule has 0 spiro atoms. The van der Waals surface area contributed by atoms with E-state index in [1.165, 1.54) is 12.5 Å². The number of aromatic nitrogens is 2. The molecule has 11 heteroatoms. The van der Waals surface area contributed by atoms with Crippen LogP contribution in [0.4, 0.5) is 0 Å². The first kappa shape index (κ1) is 28.1. The van der Waals surface area contributed by atoms with Crippen molar-refractivity contribution in [2.75, 3.05) is 0 Å². The standard InChI is InChI=1S/C22H38N6O5/c1-11(2)7-16(22(32)33)27-19(29)15(8-14-9-24-10-25-14)26-21(31)18(13(5)6)28-20(30)17(23)12(3)4/h9-13,15-18H,7-8,23H2,1-6H3,(H,24,25)(H,26,31)(H,27,29)(H,28,30)(H,32,33). The van der Waals surface area contributed by atoms with Gasteiger partial charge in [-0.2, -0.15) is 0 Å². The minimum atomic E-state index is -1.15. The van der Waals surface area contributed by atoms with E-state index in [-0.39, 0.29) is 30.6 Å². The summed E-state index contributed by atoms with van der Waals surface area (Å²) in [4.78, 5) is 56.9. The number of aliphatic carboxylic acids is 1. The monoisotopic (exact) mass is 466 g/mol. The number of hydrogen-bond acceptors (Lipinski definition) is 6. The Kier molecular flexibility index (Phi) is 11.0. The van der Waals surface area contributed by atoms with Crippen LogP contribution >= 0.6 is 0 Å². The Balaban J connectivity index is 3.05. The maximum atomic E-state index is 13.1. The Bertz CT molecular complexity index is 793. The molecule has 1 aromatic rings. The number of carboxylic acids is 1. The molecule has 0 radical (unpaired) electrons. The molecule has 4 unspecified atom stereocenters. The molecule has 0 bridgehead atoms. The number of nitrogens with zero attached hydrogens (tertiary/aromatic N) is 1. The van der Waals surface area contributed by atoms with E-state index in [1.807, 2.05) is 13.8 Å². The van der Waals surface area contributed by atoms with Gasteiger partial charge in [-0.1, -0.05) is 41.5 Å². The molecule has 3 amide bonds. The predicted molar refractivity (Wildman–Crippen MR) is 123 cm³/mol. The number of H-pyrrole nitrogens is 1. The van der Waals surface area contributed by atoms with Crippen LogP contribution in [0.3, 0.4) is 0 Å². The maximum Gasteiger partial charge on any atom is 0.326 e. The quantitative estimate of drug-likeness (QED) is 0.240. The Labute approximate surface area is 194 Å². The summed E-state index contributed by atoms with van der Waals surface area (Å²) in [6, 6.07) is -3.88. The largest absolute Gasteiger partial charge is 0.480 e. The first-order valence-corrected chi connectivity index (χ1v) is 11.2. The number of hydrogen-bond donors (Lipinski definition) is 6. The number of carboxylic acid groups (broad SMARTS) is 1. The number of carbonyl (C=O) groups excluding carboxylic acids is 3. The van der Waals surface area contributed by atoms with Crippen molar-refractivity contribution in [2.45, 2.75) is 78.6 Å². The van der Waals surface area contributed by atoms with E-state index in [2.05, 4.69) is 25.9 Å². The highest BCUT2D eigenvalue weighted by molar-refractivity contribution is 5.94. The molecular formula is C22H38N6O5. The van der Waals surface area contributed by atoms with Crippen molar-refractivity contribution in [1.82, 2.24) is 25.9 Å². The van der Waals surface area contributed by atoms with E-state index in [1.54, 1.807) is 27.7 Å². The van der Waals surface area contributed by atoms with Crippen LogP contribution in [0, 0.1) is 17.8 Å². The van der Waals surface area contributed by atoms with Gasteiger partial charge in [-0.15, -0.1) is 0 Å². The highest BCUT2D eigenvalue weighted by Gasteiger charge is 2.32. The lowest BCUT2D eigenvalue weighted by Crippen LogP contribution is -2.59. The SMILES string of the molecule is CC(C)CC(NC(=O)C(Cc1cnc[nH]1)NC(=O)C(NC(=O)C(N)C(C)C)C(C)C)C(=O)O. The van der Waals surface area contributed by atoms with E-state index in [9.17, 15) is 24.3 Å². The summed E-state index contributed by atoms with van der Waals surface area (Å²) >= 11 is 0. The van der Waals surface area contributed by atoms with Crippen molar-refractivity contribution in [3.63, 3.8) is 0 Å². The van der Waals surface area contributed by atoms with Crippen molar-refractivity contribution in [3.05, 3.63) is 18.2 Å². The molecule has 0 aromatic carbocycles. The Hall–Kier alpha value is -2.95. The summed E-state index contributed by atoms with van der Waals surface area (Å²) in [5.74, 6) is -3.18. The molecule has 33 heavy (non-hydrogen) atoms. The molecule has 0 aliphatic heterocycles. The average Bonchev–Trinajstić information content (AvgIpc) is 3.22. The lowest BCUT2D eigenvalue weighted by molar-refractivity contribution is -0.142. The Morgan fingerprint density at radius 1 is 0.939 bits per heavy atom. The molecule has 0 saturated carbocycles. The molecule has 1 heterocycles. The first-order valence-electron chi connectivity index (χ1n) is 11.2. The summed E-state index contributed by atoms with van der Waals surface area (Å²) in [6.07, 6.45) is 3.26.